The van der Waals surface area contributed by atoms with Gasteiger partial charge >= 0.3 is 0 Å². The Morgan fingerprint density at radius 3 is 1.02 bits per heavy atom. The van der Waals surface area contributed by atoms with Gasteiger partial charge in [-0.15, -0.1) is 0 Å². The maximum absolute atomic E-state index is 6.96. The topological polar surface area (TPSA) is 117 Å². The molecule has 131 heavy (non-hydrogen) atoms. The predicted molar refractivity (Wildman–Crippen MR) is 546 cm³/mol. The molecule has 0 aliphatic heterocycles. The van der Waals surface area contributed by atoms with Crippen LogP contribution in [0.1, 0.15) is 11.3 Å². The van der Waals surface area contributed by atoms with Gasteiger partial charge < -0.3 is 13.3 Å². The Morgan fingerprint density at radius 2 is 0.519 bits per heavy atom. The van der Waals surface area contributed by atoms with Crippen LogP contribution in [0.3, 0.4) is 0 Å². The van der Waals surface area contributed by atoms with Gasteiger partial charge in [-0.3, -0.25) is 9.97 Å². The highest BCUT2D eigenvalue weighted by Crippen LogP contribution is 2.50. The Bertz CT molecular complexity index is 9620. The van der Waals surface area contributed by atoms with Gasteiger partial charge in [0.15, 0.2) is 0 Å². The number of furan rings is 3. The highest BCUT2D eigenvalue weighted by molar-refractivity contribution is 6.30. The van der Waals surface area contributed by atoms with E-state index >= 15 is 0 Å². The van der Waals surface area contributed by atoms with Crippen LogP contribution in [0.15, 0.2) is 426 Å². The summed E-state index contributed by atoms with van der Waals surface area (Å²) in [5.41, 5.74) is 27.2. The zero-order valence-electron chi connectivity index (χ0n) is 71.2. The molecule has 0 bridgehead atoms. The van der Waals surface area contributed by atoms with Gasteiger partial charge in [-0.2, -0.15) is 0 Å². The summed E-state index contributed by atoms with van der Waals surface area (Å²) >= 11 is 0. The Hall–Kier alpha value is -17.4. The van der Waals surface area contributed by atoms with Crippen molar-refractivity contribution in [3.63, 3.8) is 0 Å². The number of fused-ring (bicyclic) bond motifs is 33. The molecule has 0 atom stereocenters. The summed E-state index contributed by atoms with van der Waals surface area (Å²) in [6.07, 6.45) is 3.84. The molecule has 6 aromatic heterocycles. The third-order valence-corrected chi connectivity index (χ3v) is 26.6. The first-order chi connectivity index (χ1) is 64.8. The molecule has 0 amide bonds. The highest BCUT2D eigenvalue weighted by atomic mass is 16.3. The van der Waals surface area contributed by atoms with Gasteiger partial charge in [0, 0.05) is 104 Å². The second-order valence-electron chi connectivity index (χ2n) is 34.1. The van der Waals surface area contributed by atoms with E-state index in [0.29, 0.717) is 0 Å². The zero-order valence-corrected chi connectivity index (χ0v) is 71.2. The number of aromatic nitrogens is 6. The van der Waals surface area contributed by atoms with Gasteiger partial charge in [0.1, 0.15) is 33.5 Å². The number of benzene rings is 22. The number of hydrogen-bond acceptors (Lipinski definition) is 9. The van der Waals surface area contributed by atoms with E-state index in [9.17, 15) is 0 Å². The third kappa shape index (κ3) is 12.0. The molecule has 0 unspecified atom stereocenters. The summed E-state index contributed by atoms with van der Waals surface area (Å²) in [7, 11) is 0. The minimum atomic E-state index is 0.830. The van der Waals surface area contributed by atoms with Crippen LogP contribution < -0.4 is 0 Å². The predicted octanol–water partition coefficient (Wildman–Crippen LogP) is 33.3. The largest absolute Gasteiger partial charge is 0.455 e. The fraction of sp³-hybridized carbons (Fsp3) is 0.0164. The molecule has 0 N–H and O–H groups in total. The van der Waals surface area contributed by atoms with Crippen molar-refractivity contribution in [3.05, 3.63) is 424 Å². The average molecular weight is 1670 g/mol. The minimum Gasteiger partial charge on any atom is -0.455 e. The van der Waals surface area contributed by atoms with Gasteiger partial charge in [-0.1, -0.05) is 370 Å². The fourth-order valence-electron chi connectivity index (χ4n) is 20.7. The Labute approximate surface area is 750 Å². The van der Waals surface area contributed by atoms with Gasteiger partial charge in [0.05, 0.1) is 68.3 Å². The van der Waals surface area contributed by atoms with Crippen LogP contribution in [0, 0.1) is 13.8 Å². The quantitative estimate of drug-likeness (QED) is 0.144. The van der Waals surface area contributed by atoms with Crippen molar-refractivity contribution in [1.29, 1.82) is 0 Å². The minimum absolute atomic E-state index is 0.830. The van der Waals surface area contributed by atoms with Crippen LogP contribution in [0.4, 0.5) is 0 Å². The lowest BCUT2D eigenvalue weighted by molar-refractivity contribution is 0.667. The van der Waals surface area contributed by atoms with Crippen LogP contribution >= 0.6 is 0 Å². The Kier molecular flexibility index (Phi) is 17.3. The van der Waals surface area contributed by atoms with E-state index in [-0.39, 0.29) is 0 Å². The summed E-state index contributed by atoms with van der Waals surface area (Å²) in [5, 5.41) is 27.8. The molecule has 0 aliphatic carbocycles. The van der Waals surface area contributed by atoms with E-state index in [4.69, 9.17) is 43.2 Å². The molecule has 28 aromatic rings. The zero-order chi connectivity index (χ0) is 86.5. The van der Waals surface area contributed by atoms with Crippen LogP contribution in [-0.4, -0.2) is 29.9 Å². The van der Waals surface area contributed by atoms with Gasteiger partial charge in [0.2, 0.25) is 0 Å². The van der Waals surface area contributed by atoms with Crippen LogP contribution in [0.5, 0.6) is 0 Å². The van der Waals surface area contributed by atoms with E-state index in [1.54, 1.807) is 0 Å². The highest BCUT2D eigenvalue weighted by Gasteiger charge is 2.27. The molecule has 0 saturated carbocycles. The summed E-state index contributed by atoms with van der Waals surface area (Å²) in [4.78, 5) is 31.3. The molecule has 9 heteroatoms. The number of para-hydroxylation sites is 3. The van der Waals surface area contributed by atoms with Crippen molar-refractivity contribution >= 4 is 196 Å². The molecule has 0 radical (unpaired) electrons. The van der Waals surface area contributed by atoms with Crippen molar-refractivity contribution in [2.75, 3.05) is 0 Å². The van der Waals surface area contributed by atoms with Crippen molar-refractivity contribution < 1.29 is 13.3 Å². The van der Waals surface area contributed by atoms with Crippen LogP contribution in [0.2, 0.25) is 0 Å². The van der Waals surface area contributed by atoms with E-state index in [1.807, 2.05) is 30.6 Å². The first-order valence-electron chi connectivity index (χ1n) is 44.4. The Morgan fingerprint density at radius 1 is 0.191 bits per heavy atom. The van der Waals surface area contributed by atoms with Crippen LogP contribution in [-0.2, 0) is 0 Å². The second-order valence-corrected chi connectivity index (χ2v) is 34.1. The van der Waals surface area contributed by atoms with E-state index in [2.05, 4.69) is 396 Å². The van der Waals surface area contributed by atoms with Crippen molar-refractivity contribution in [1.82, 2.24) is 29.9 Å². The lowest BCUT2D eigenvalue weighted by Crippen LogP contribution is -1.97. The molecule has 6 heterocycles. The fourth-order valence-corrected chi connectivity index (χ4v) is 20.7. The molecule has 0 spiro atoms. The Balaban J connectivity index is 0.000000103. The summed E-state index contributed by atoms with van der Waals surface area (Å²) < 4.78 is 20.2. The molecule has 610 valence electrons. The van der Waals surface area contributed by atoms with Gasteiger partial charge in [0.25, 0.3) is 0 Å². The summed E-state index contributed by atoms with van der Waals surface area (Å²) in [6.45, 7) is 4.17. The maximum Gasteiger partial charge on any atom is 0.143 e. The standard InChI is InChI=1S/C44H26N2O.2C39H24N2O/c1-2-13-27(14-3-1)30-23-12-24-37-40-29-16-5-4-15-28(29)25-38(44(40)47-43(30)37)33-19-6-9-20-34(33)39-26-45-41-35-21-10-7-17-31(35)32-18-8-11-22-36(32)42(41)46-39;1-23-11-10-20-32-35-25-13-3-2-12-24(25)21-33(39(35)42-38(23)32)28-16-4-7-17-29(28)34-22-40-36-30-18-8-5-14-26(30)27-15-6-9-19-31(27)37(36)41-34;1-23-36(41-38-31-18-7-5-16-29(31)28-15-4-6-17-30(28)37(38)40-23)26-13-10-12-24(21-26)33-22-25-11-2-3-14-27(25)35-32-19-8-9-20-34(32)42-39(33)35/h1-26H;2*2-22H,1H3. The smallest absolute Gasteiger partial charge is 0.143 e. The SMILES string of the molecule is Cc1cccc2c1oc1c(-c3ccccc3-c3cnc4c5ccccc5c5ccccc5c4n3)cc3ccccc3c12.Cc1nc2c3ccccc3c3ccccc3c2nc1-c1cccc(-c2cc3ccccc3c3c2oc2ccccc23)c1.c1ccc(-c2cccc3c2oc2c(-c4ccccc4-c4cnc5c6ccccc6c6ccccc6c5n4)cc4ccccc4c23)cc1. The normalized spacial score (nSPS) is 11.9. The molecule has 0 aliphatic rings. The van der Waals surface area contributed by atoms with Crippen molar-refractivity contribution in [2.45, 2.75) is 13.8 Å². The number of rotatable bonds is 7. The van der Waals surface area contributed by atoms with E-state index < -0.39 is 0 Å². The van der Waals surface area contributed by atoms with Gasteiger partial charge in [-0.25, -0.2) is 19.9 Å². The van der Waals surface area contributed by atoms with Crippen molar-refractivity contribution in [2.24, 2.45) is 0 Å². The molecular weight excluding hydrogens is 1600 g/mol. The molecule has 28 rings (SSSR count). The van der Waals surface area contributed by atoms with E-state index in [1.165, 1.54) is 64.6 Å². The van der Waals surface area contributed by atoms with Crippen molar-refractivity contribution in [3.8, 4) is 78.3 Å². The van der Waals surface area contributed by atoms with Crippen LogP contribution in [0.25, 0.3) is 274 Å². The number of hydrogen-bond donors (Lipinski definition) is 0. The summed E-state index contributed by atoms with van der Waals surface area (Å²) in [6, 6.07) is 141. The second kappa shape index (κ2) is 30.2. The van der Waals surface area contributed by atoms with Gasteiger partial charge in [-0.05, 0) is 137 Å². The number of aryl methyl sites for hydroxylation is 2. The molecule has 9 nitrogen and oxygen atoms in total. The first-order valence-corrected chi connectivity index (χ1v) is 44.4. The summed E-state index contributed by atoms with van der Waals surface area (Å²) in [5.74, 6) is 0. The molecule has 22 aromatic carbocycles. The average Bonchev–Trinajstić information content (AvgIpc) is 1.69. The lowest BCUT2D eigenvalue weighted by Gasteiger charge is -2.13. The van der Waals surface area contributed by atoms with E-state index in [0.717, 1.165) is 221 Å². The lowest BCUT2D eigenvalue weighted by atomic mass is 9.92. The monoisotopic (exact) mass is 1670 g/mol. The third-order valence-electron chi connectivity index (χ3n) is 26.6. The molecule has 0 fully saturated rings. The first kappa shape index (κ1) is 75.0. The molecule has 0 saturated heterocycles. The number of nitrogens with zero attached hydrogens (tertiary/aromatic N) is 6. The molecular formula is C122H74N6O3. The maximum atomic E-state index is 6.96.